The zero-order chi connectivity index (χ0) is 12.8. The Labute approximate surface area is 129 Å². The number of alkyl halides is 1. The van der Waals surface area contributed by atoms with Gasteiger partial charge in [-0.15, -0.1) is 35.4 Å². The van der Waals surface area contributed by atoms with Crippen molar-refractivity contribution in [2.75, 3.05) is 6.67 Å². The summed E-state index contributed by atoms with van der Waals surface area (Å²) in [6.45, 7) is 1.66. The Morgan fingerprint density at radius 3 is 2.74 bits per heavy atom. The average Bonchev–Trinajstić information content (AvgIpc) is 2.40. The molecule has 101 valence electrons. The van der Waals surface area contributed by atoms with E-state index in [1.165, 1.54) is 0 Å². The van der Waals surface area contributed by atoms with E-state index in [0.717, 1.165) is 28.8 Å². The molecule has 0 atom stereocenters. The molecule has 0 bridgehead atoms. The van der Waals surface area contributed by atoms with Gasteiger partial charge in [0.05, 0.1) is 6.67 Å². The van der Waals surface area contributed by atoms with E-state index in [4.69, 9.17) is 0 Å². The molecule has 0 aliphatic rings. The first kappa shape index (κ1) is 16.1. The Kier molecular flexibility index (Phi) is 7.01. The summed E-state index contributed by atoms with van der Waals surface area (Å²) in [6.07, 6.45) is 1.27. The van der Waals surface area contributed by atoms with E-state index in [1.807, 2.05) is 37.2 Å². The van der Waals surface area contributed by atoms with Crippen molar-refractivity contribution in [3.8, 4) is 11.3 Å². The van der Waals surface area contributed by atoms with Gasteiger partial charge in [0.15, 0.2) is 0 Å². The van der Waals surface area contributed by atoms with Crippen LogP contribution in [0.25, 0.3) is 11.3 Å². The SMILES string of the molecule is C[B]Cc1[c-]c(-c2cccc(CCF)n2)ccc1.[Pt]. The molecule has 1 radical (unpaired) electrons. The zero-order valence-corrected chi connectivity index (χ0v) is 13.1. The summed E-state index contributed by atoms with van der Waals surface area (Å²) in [4.78, 5) is 4.45. The van der Waals surface area contributed by atoms with Crippen molar-refractivity contribution in [2.45, 2.75) is 19.6 Å². The van der Waals surface area contributed by atoms with E-state index >= 15 is 0 Å². The van der Waals surface area contributed by atoms with Crippen LogP contribution in [0.5, 0.6) is 0 Å². The van der Waals surface area contributed by atoms with Gasteiger partial charge in [0.25, 0.3) is 0 Å². The summed E-state index contributed by atoms with van der Waals surface area (Å²) in [7, 11) is 2.10. The number of benzene rings is 1. The van der Waals surface area contributed by atoms with Crippen molar-refractivity contribution >= 4 is 7.28 Å². The molecule has 1 heterocycles. The van der Waals surface area contributed by atoms with Crippen molar-refractivity contribution in [1.82, 2.24) is 4.98 Å². The van der Waals surface area contributed by atoms with Crippen molar-refractivity contribution in [1.29, 1.82) is 0 Å². The van der Waals surface area contributed by atoms with Crippen LogP contribution in [0.4, 0.5) is 4.39 Å². The van der Waals surface area contributed by atoms with Gasteiger partial charge in [-0.1, -0.05) is 25.3 Å². The zero-order valence-electron chi connectivity index (χ0n) is 10.8. The van der Waals surface area contributed by atoms with Crippen LogP contribution >= 0.6 is 0 Å². The van der Waals surface area contributed by atoms with Gasteiger partial charge >= 0.3 is 0 Å². The number of halogens is 1. The number of aryl methyl sites for hydroxylation is 1. The van der Waals surface area contributed by atoms with E-state index in [9.17, 15) is 4.39 Å². The molecular formula is C15H15BFNPt-. The fourth-order valence-electron chi connectivity index (χ4n) is 1.87. The predicted molar refractivity (Wildman–Crippen MR) is 73.5 cm³/mol. The fraction of sp³-hybridized carbons (Fsp3) is 0.267. The van der Waals surface area contributed by atoms with Crippen molar-refractivity contribution < 1.29 is 25.5 Å². The number of nitrogens with zero attached hydrogens (tertiary/aromatic N) is 1. The maximum atomic E-state index is 12.3. The summed E-state index contributed by atoms with van der Waals surface area (Å²) in [6, 6.07) is 15.1. The molecule has 2 aromatic rings. The van der Waals surface area contributed by atoms with E-state index in [0.29, 0.717) is 6.42 Å². The van der Waals surface area contributed by atoms with E-state index in [-0.39, 0.29) is 27.7 Å². The molecule has 0 aliphatic heterocycles. The number of aromatic nitrogens is 1. The summed E-state index contributed by atoms with van der Waals surface area (Å²) < 4.78 is 12.3. The third-order valence-electron chi connectivity index (χ3n) is 2.71. The minimum absolute atomic E-state index is 0. The number of pyridine rings is 1. The summed E-state index contributed by atoms with van der Waals surface area (Å²) in [5.41, 5.74) is 3.76. The molecule has 4 heteroatoms. The molecule has 19 heavy (non-hydrogen) atoms. The quantitative estimate of drug-likeness (QED) is 0.520. The molecule has 0 fully saturated rings. The van der Waals surface area contributed by atoms with Gasteiger partial charge in [-0.05, 0) is 11.8 Å². The molecule has 1 aromatic heterocycles. The molecule has 1 aromatic carbocycles. The molecule has 2 rings (SSSR count). The van der Waals surface area contributed by atoms with Crippen LogP contribution in [0.2, 0.25) is 6.82 Å². The normalized spacial score (nSPS) is 9.79. The van der Waals surface area contributed by atoms with Gasteiger partial charge in [0, 0.05) is 33.2 Å². The monoisotopic (exact) mass is 434 g/mol. The Morgan fingerprint density at radius 2 is 2.00 bits per heavy atom. The van der Waals surface area contributed by atoms with Crippen LogP contribution in [0, 0.1) is 6.07 Å². The number of rotatable bonds is 5. The van der Waals surface area contributed by atoms with Crippen molar-refractivity contribution in [3.63, 3.8) is 0 Å². The smallest absolute Gasteiger partial charge is 0.109 e. The summed E-state index contributed by atoms with van der Waals surface area (Å²) in [5.74, 6) is 0. The third-order valence-corrected chi connectivity index (χ3v) is 2.71. The molecule has 0 saturated carbocycles. The second-order valence-corrected chi connectivity index (χ2v) is 4.16. The Morgan fingerprint density at radius 1 is 1.21 bits per heavy atom. The van der Waals surface area contributed by atoms with E-state index in [1.54, 1.807) is 0 Å². The van der Waals surface area contributed by atoms with Gasteiger partial charge in [-0.25, -0.2) is 0 Å². The Hall–Kier alpha value is -0.947. The largest absolute Gasteiger partial charge is 0.301 e. The predicted octanol–water partition coefficient (Wildman–Crippen LogP) is 3.31. The standard InChI is InChI=1S/C15H15BFN.Pt/c1-16-11-12-4-2-5-13(10-12)15-7-3-6-14(18-15)8-9-17;/h2-7H,8-9,11H2,1H3;/q-1;. The molecule has 1 nitrogen and oxygen atoms in total. The van der Waals surface area contributed by atoms with Gasteiger partial charge in [0.1, 0.15) is 7.28 Å². The second-order valence-electron chi connectivity index (χ2n) is 4.16. The number of hydrogen-bond donors (Lipinski definition) is 0. The minimum Gasteiger partial charge on any atom is -0.301 e. The van der Waals surface area contributed by atoms with Crippen LogP contribution in [-0.4, -0.2) is 18.9 Å². The van der Waals surface area contributed by atoms with Gasteiger partial charge in [-0.2, -0.15) is 0 Å². The molecule has 0 N–H and O–H groups in total. The molecule has 0 spiro atoms. The van der Waals surface area contributed by atoms with Crippen LogP contribution in [0.3, 0.4) is 0 Å². The van der Waals surface area contributed by atoms with Crippen LogP contribution in [-0.2, 0) is 33.8 Å². The van der Waals surface area contributed by atoms with Crippen molar-refractivity contribution in [3.05, 3.63) is 53.7 Å². The first-order chi connectivity index (χ1) is 8.83. The molecular weight excluding hydrogens is 419 g/mol. The van der Waals surface area contributed by atoms with Crippen LogP contribution < -0.4 is 0 Å². The van der Waals surface area contributed by atoms with Crippen LogP contribution in [0.15, 0.2) is 36.4 Å². The number of hydrogen-bond acceptors (Lipinski definition) is 1. The summed E-state index contributed by atoms with van der Waals surface area (Å²) >= 11 is 0. The maximum Gasteiger partial charge on any atom is 0.109 e. The van der Waals surface area contributed by atoms with E-state index in [2.05, 4.69) is 24.4 Å². The van der Waals surface area contributed by atoms with Gasteiger partial charge in [-0.3, -0.25) is 4.39 Å². The topological polar surface area (TPSA) is 12.9 Å². The molecule has 0 unspecified atom stereocenters. The molecule has 0 saturated heterocycles. The minimum atomic E-state index is -0.370. The molecule has 0 aliphatic carbocycles. The van der Waals surface area contributed by atoms with Gasteiger partial charge < -0.3 is 4.98 Å². The van der Waals surface area contributed by atoms with Crippen LogP contribution in [0.1, 0.15) is 11.3 Å². The fourth-order valence-corrected chi connectivity index (χ4v) is 1.87. The average molecular weight is 434 g/mol. The molecule has 0 amide bonds. The van der Waals surface area contributed by atoms with E-state index < -0.39 is 0 Å². The Balaban J connectivity index is 0.00000180. The van der Waals surface area contributed by atoms with Gasteiger partial charge in [0.2, 0.25) is 0 Å². The third kappa shape index (κ3) is 4.58. The first-order valence-electron chi connectivity index (χ1n) is 6.15. The summed E-state index contributed by atoms with van der Waals surface area (Å²) in [5, 5.41) is 0. The second kappa shape index (κ2) is 8.27. The Bertz CT molecular complexity index is 472. The van der Waals surface area contributed by atoms with Crippen molar-refractivity contribution in [2.24, 2.45) is 0 Å². The maximum absolute atomic E-state index is 12.3. The first-order valence-corrected chi connectivity index (χ1v) is 6.15.